The van der Waals surface area contributed by atoms with E-state index in [1.165, 1.54) is 12.8 Å². The van der Waals surface area contributed by atoms with Gasteiger partial charge in [-0.25, -0.2) is 0 Å². The summed E-state index contributed by atoms with van der Waals surface area (Å²) in [5, 5.41) is 6.48. The topological polar surface area (TPSA) is 50.4 Å². The van der Waals surface area contributed by atoms with Gasteiger partial charge in [0, 0.05) is 25.6 Å². The van der Waals surface area contributed by atoms with Crippen molar-refractivity contribution < 1.29 is 9.53 Å². The van der Waals surface area contributed by atoms with Gasteiger partial charge in [-0.3, -0.25) is 4.79 Å². The lowest BCUT2D eigenvalue weighted by Crippen LogP contribution is -2.36. The fourth-order valence-corrected chi connectivity index (χ4v) is 2.94. The van der Waals surface area contributed by atoms with Crippen molar-refractivity contribution in [1.82, 2.24) is 10.6 Å². The largest absolute Gasteiger partial charge is 0.378 e. The highest BCUT2D eigenvalue weighted by atomic mass is 16.5. The van der Waals surface area contributed by atoms with E-state index in [1.807, 2.05) is 6.92 Å². The highest BCUT2D eigenvalue weighted by Crippen LogP contribution is 2.32. The number of rotatable bonds is 7. The highest BCUT2D eigenvalue weighted by Gasteiger charge is 2.30. The van der Waals surface area contributed by atoms with Crippen LogP contribution in [0, 0.1) is 5.92 Å². The predicted octanol–water partition coefficient (Wildman–Crippen LogP) is 1.45. The molecule has 2 rings (SSSR count). The van der Waals surface area contributed by atoms with Crippen LogP contribution in [0.25, 0.3) is 0 Å². The van der Waals surface area contributed by atoms with Gasteiger partial charge in [-0.1, -0.05) is 0 Å². The lowest BCUT2D eigenvalue weighted by Gasteiger charge is -2.34. The van der Waals surface area contributed by atoms with Crippen LogP contribution in [0.1, 0.15) is 45.4 Å². The summed E-state index contributed by atoms with van der Waals surface area (Å²) in [6.45, 7) is 4.77. The van der Waals surface area contributed by atoms with Crippen molar-refractivity contribution >= 4 is 5.91 Å². The third-order valence-corrected chi connectivity index (χ3v) is 4.05. The smallest absolute Gasteiger partial charge is 0.220 e. The predicted molar refractivity (Wildman–Crippen MR) is 71.4 cm³/mol. The summed E-state index contributed by atoms with van der Waals surface area (Å²) in [4.78, 5) is 11.7. The maximum atomic E-state index is 11.7. The monoisotopic (exact) mass is 254 g/mol. The normalized spacial score (nSPS) is 31.1. The zero-order valence-corrected chi connectivity index (χ0v) is 11.4. The molecule has 18 heavy (non-hydrogen) atoms. The summed E-state index contributed by atoms with van der Waals surface area (Å²) in [5.41, 5.74) is 0. The fraction of sp³-hybridized carbons (Fsp3) is 0.929. The van der Waals surface area contributed by atoms with E-state index in [0.29, 0.717) is 24.5 Å². The molecule has 1 atom stereocenters. The molecule has 4 nitrogen and oxygen atoms in total. The molecular formula is C14H26N2O2. The second-order valence-corrected chi connectivity index (χ2v) is 5.55. The van der Waals surface area contributed by atoms with Gasteiger partial charge in [0.25, 0.3) is 0 Å². The van der Waals surface area contributed by atoms with E-state index in [2.05, 4.69) is 10.6 Å². The summed E-state index contributed by atoms with van der Waals surface area (Å²) < 4.78 is 5.50. The molecule has 2 aliphatic rings. The maximum absolute atomic E-state index is 11.7. The van der Waals surface area contributed by atoms with Gasteiger partial charge in [0.15, 0.2) is 0 Å². The van der Waals surface area contributed by atoms with Crippen molar-refractivity contribution in [3.63, 3.8) is 0 Å². The second kappa shape index (κ2) is 7.10. The number of amides is 1. The summed E-state index contributed by atoms with van der Waals surface area (Å²) in [6.07, 6.45) is 6.82. The zero-order chi connectivity index (χ0) is 12.8. The third kappa shape index (κ3) is 4.25. The van der Waals surface area contributed by atoms with E-state index in [1.54, 1.807) is 0 Å². The van der Waals surface area contributed by atoms with E-state index in [0.717, 1.165) is 39.0 Å². The van der Waals surface area contributed by atoms with Gasteiger partial charge in [0.05, 0.1) is 6.10 Å². The molecule has 0 unspecified atom stereocenters. The van der Waals surface area contributed by atoms with E-state index < -0.39 is 0 Å². The van der Waals surface area contributed by atoms with Crippen molar-refractivity contribution in [2.45, 2.75) is 57.6 Å². The summed E-state index contributed by atoms with van der Waals surface area (Å²) in [7, 11) is 0. The van der Waals surface area contributed by atoms with E-state index >= 15 is 0 Å². The van der Waals surface area contributed by atoms with Crippen LogP contribution in [0.2, 0.25) is 0 Å². The molecule has 0 aromatic rings. The lowest BCUT2D eigenvalue weighted by atomic mass is 9.80. The molecule has 104 valence electrons. The number of hydrogen-bond acceptors (Lipinski definition) is 3. The van der Waals surface area contributed by atoms with Gasteiger partial charge in [-0.15, -0.1) is 0 Å². The molecule has 2 N–H and O–H groups in total. The van der Waals surface area contributed by atoms with Crippen molar-refractivity contribution in [3.8, 4) is 0 Å². The molecular weight excluding hydrogens is 228 g/mol. The van der Waals surface area contributed by atoms with Gasteiger partial charge < -0.3 is 15.4 Å². The quantitative estimate of drug-likeness (QED) is 0.723. The van der Waals surface area contributed by atoms with Crippen molar-refractivity contribution in [1.29, 1.82) is 0 Å². The molecule has 0 aromatic heterocycles. The Morgan fingerprint density at radius 1 is 1.44 bits per heavy atom. The molecule has 1 amide bonds. The standard InChI is InChI=1S/C14H26N2O2/c1-2-18-13-8-11(9-13)10-14(17)16-7-5-12-4-3-6-15-12/h11-13,15H,2-10H2,1H3,(H,16,17)/t11?,12-,13?/m0/s1. The Kier molecular flexibility index (Phi) is 5.45. The van der Waals surface area contributed by atoms with Gasteiger partial charge in [0.1, 0.15) is 0 Å². The summed E-state index contributed by atoms with van der Waals surface area (Å²) in [5.74, 6) is 0.763. The molecule has 2 fully saturated rings. The number of ether oxygens (including phenoxy) is 1. The molecule has 4 heteroatoms. The van der Waals surface area contributed by atoms with E-state index in [-0.39, 0.29) is 5.91 Å². The molecule has 0 bridgehead atoms. The molecule has 1 heterocycles. The van der Waals surface area contributed by atoms with Crippen LogP contribution in [0.15, 0.2) is 0 Å². The zero-order valence-electron chi connectivity index (χ0n) is 11.4. The minimum absolute atomic E-state index is 0.216. The molecule has 0 spiro atoms. The van der Waals surface area contributed by atoms with Crippen LogP contribution < -0.4 is 10.6 Å². The molecule has 0 aromatic carbocycles. The van der Waals surface area contributed by atoms with Crippen LogP contribution in [-0.2, 0) is 9.53 Å². The first-order valence-electron chi connectivity index (χ1n) is 7.39. The minimum Gasteiger partial charge on any atom is -0.378 e. The average Bonchev–Trinajstić information content (AvgIpc) is 2.79. The molecule has 0 radical (unpaired) electrons. The van der Waals surface area contributed by atoms with Gasteiger partial charge in [0.2, 0.25) is 5.91 Å². The third-order valence-electron chi connectivity index (χ3n) is 4.05. The Balaban J connectivity index is 1.48. The van der Waals surface area contributed by atoms with Gasteiger partial charge in [-0.2, -0.15) is 0 Å². The van der Waals surface area contributed by atoms with Crippen molar-refractivity contribution in [2.24, 2.45) is 5.92 Å². The second-order valence-electron chi connectivity index (χ2n) is 5.55. The first kappa shape index (κ1) is 13.8. The van der Waals surface area contributed by atoms with Gasteiger partial charge >= 0.3 is 0 Å². The Morgan fingerprint density at radius 2 is 2.28 bits per heavy atom. The molecule has 1 aliphatic heterocycles. The fourth-order valence-electron chi connectivity index (χ4n) is 2.94. The lowest BCUT2D eigenvalue weighted by molar-refractivity contribution is -0.124. The van der Waals surface area contributed by atoms with Crippen LogP contribution in [-0.4, -0.2) is 37.7 Å². The first-order chi connectivity index (χ1) is 8.78. The number of carbonyl (C=O) groups excluding carboxylic acids is 1. The number of hydrogen-bond donors (Lipinski definition) is 2. The van der Waals surface area contributed by atoms with Crippen LogP contribution in [0.3, 0.4) is 0 Å². The van der Waals surface area contributed by atoms with Crippen LogP contribution >= 0.6 is 0 Å². The van der Waals surface area contributed by atoms with E-state index in [4.69, 9.17) is 4.74 Å². The Morgan fingerprint density at radius 3 is 2.94 bits per heavy atom. The minimum atomic E-state index is 0.216. The Bertz CT molecular complexity index is 259. The number of carbonyl (C=O) groups is 1. The van der Waals surface area contributed by atoms with E-state index in [9.17, 15) is 4.79 Å². The van der Waals surface area contributed by atoms with Crippen LogP contribution in [0.4, 0.5) is 0 Å². The first-order valence-corrected chi connectivity index (χ1v) is 7.39. The summed E-state index contributed by atoms with van der Waals surface area (Å²) >= 11 is 0. The Labute approximate surface area is 110 Å². The Hall–Kier alpha value is -0.610. The molecule has 1 aliphatic carbocycles. The van der Waals surface area contributed by atoms with Crippen LogP contribution in [0.5, 0.6) is 0 Å². The summed E-state index contributed by atoms with van der Waals surface area (Å²) in [6, 6.07) is 0.622. The van der Waals surface area contributed by atoms with Crippen molar-refractivity contribution in [2.75, 3.05) is 19.7 Å². The van der Waals surface area contributed by atoms with Gasteiger partial charge in [-0.05, 0) is 51.5 Å². The van der Waals surface area contributed by atoms with Crippen molar-refractivity contribution in [3.05, 3.63) is 0 Å². The highest BCUT2D eigenvalue weighted by molar-refractivity contribution is 5.76. The number of nitrogens with one attached hydrogen (secondary N) is 2. The average molecular weight is 254 g/mol. The molecule has 1 saturated carbocycles. The SMILES string of the molecule is CCOC1CC(CC(=O)NCC[C@@H]2CCCN2)C1. The molecule has 1 saturated heterocycles. The maximum Gasteiger partial charge on any atom is 0.220 e.